The Hall–Kier alpha value is -0.170. The number of nitrogens with one attached hydrogen (secondary N) is 1. The number of amides is 1. The molecule has 17 heavy (non-hydrogen) atoms. The Balaban J connectivity index is 2.38. The number of benzene rings is 1. The first-order valence-corrected chi connectivity index (χ1v) is 7.52. The minimum Gasteiger partial charge on any atom is -0.301 e. The van der Waals surface area contributed by atoms with E-state index in [-0.39, 0.29) is 5.91 Å². The van der Waals surface area contributed by atoms with Gasteiger partial charge in [0.25, 0.3) is 0 Å². The quantitative estimate of drug-likeness (QED) is 0.763. The van der Waals surface area contributed by atoms with Gasteiger partial charge in [-0.2, -0.15) is 0 Å². The highest BCUT2D eigenvalue weighted by Crippen LogP contribution is 2.34. The molecule has 1 aromatic carbocycles. The van der Waals surface area contributed by atoms with E-state index in [2.05, 4.69) is 42.2 Å². The van der Waals surface area contributed by atoms with Crippen molar-refractivity contribution >= 4 is 76.1 Å². The smallest absolute Gasteiger partial charge is 0.243 e. The largest absolute Gasteiger partial charge is 0.301 e. The lowest BCUT2D eigenvalue weighted by atomic mass is 10.3. The minimum absolute atomic E-state index is 0.249. The predicted molar refractivity (Wildman–Crippen MR) is 79.0 cm³/mol. The van der Waals surface area contributed by atoms with Crippen LogP contribution in [-0.4, -0.2) is 16.3 Å². The second-order valence-electron chi connectivity index (χ2n) is 3.36. The molecule has 90 valence electrons. The van der Waals surface area contributed by atoms with Gasteiger partial charge in [-0.15, -0.1) is 11.6 Å². The standard InChI is InChI=1S/C10H7Br2ClN2OS/c1-4(13)9(16)15-10-14-8-6(12)2-5(11)3-7(8)17-10/h2-4H,1H3,(H,14,15,16). The lowest BCUT2D eigenvalue weighted by molar-refractivity contribution is -0.115. The Labute approximate surface area is 124 Å². The third kappa shape index (κ3) is 2.99. The van der Waals surface area contributed by atoms with Gasteiger partial charge in [-0.1, -0.05) is 27.3 Å². The Morgan fingerprint density at radius 1 is 1.53 bits per heavy atom. The molecular formula is C10H7Br2ClN2OS. The van der Waals surface area contributed by atoms with Gasteiger partial charge in [0.15, 0.2) is 5.13 Å². The number of carbonyl (C=O) groups excluding carboxylic acids is 1. The van der Waals surface area contributed by atoms with E-state index in [9.17, 15) is 4.79 Å². The summed E-state index contributed by atoms with van der Waals surface area (Å²) in [7, 11) is 0. The second kappa shape index (κ2) is 5.22. The van der Waals surface area contributed by atoms with Crippen molar-refractivity contribution in [1.29, 1.82) is 0 Å². The first-order chi connectivity index (χ1) is 7.97. The Bertz CT molecular complexity index is 585. The zero-order valence-electron chi connectivity index (χ0n) is 8.63. The van der Waals surface area contributed by atoms with Crippen LogP contribution in [-0.2, 0) is 4.79 Å². The molecule has 1 aromatic heterocycles. The average molecular weight is 399 g/mol. The lowest BCUT2D eigenvalue weighted by Gasteiger charge is -2.01. The highest BCUT2D eigenvalue weighted by Gasteiger charge is 2.13. The zero-order valence-corrected chi connectivity index (χ0v) is 13.4. The van der Waals surface area contributed by atoms with Crippen LogP contribution in [0.1, 0.15) is 6.92 Å². The van der Waals surface area contributed by atoms with Crippen LogP contribution in [0.3, 0.4) is 0 Å². The normalized spacial score (nSPS) is 12.7. The third-order valence-corrected chi connectivity index (χ3v) is 4.18. The molecule has 0 spiro atoms. The summed E-state index contributed by atoms with van der Waals surface area (Å²) in [5.74, 6) is -0.249. The van der Waals surface area contributed by atoms with Gasteiger partial charge in [-0.3, -0.25) is 4.79 Å². The van der Waals surface area contributed by atoms with Crippen LogP contribution in [0.5, 0.6) is 0 Å². The zero-order chi connectivity index (χ0) is 12.6. The molecular weight excluding hydrogens is 391 g/mol. The maximum Gasteiger partial charge on any atom is 0.243 e. The summed E-state index contributed by atoms with van der Waals surface area (Å²) in [6.07, 6.45) is 0. The van der Waals surface area contributed by atoms with E-state index in [0.717, 1.165) is 19.2 Å². The Morgan fingerprint density at radius 2 is 2.24 bits per heavy atom. The fraction of sp³-hybridized carbons (Fsp3) is 0.200. The van der Waals surface area contributed by atoms with Gasteiger partial charge in [-0.05, 0) is 35.0 Å². The highest BCUT2D eigenvalue weighted by atomic mass is 79.9. The highest BCUT2D eigenvalue weighted by molar-refractivity contribution is 9.11. The first-order valence-electron chi connectivity index (χ1n) is 4.68. The number of hydrogen-bond acceptors (Lipinski definition) is 3. The number of alkyl halides is 1. The van der Waals surface area contributed by atoms with Gasteiger partial charge >= 0.3 is 0 Å². The SMILES string of the molecule is CC(Cl)C(=O)Nc1nc2c(Br)cc(Br)cc2s1. The Morgan fingerprint density at radius 3 is 2.88 bits per heavy atom. The van der Waals surface area contributed by atoms with Crippen LogP contribution in [0.2, 0.25) is 0 Å². The van der Waals surface area contributed by atoms with Gasteiger partial charge in [0.2, 0.25) is 5.91 Å². The molecule has 0 aliphatic rings. The fourth-order valence-electron chi connectivity index (χ4n) is 1.22. The van der Waals surface area contributed by atoms with Gasteiger partial charge in [0, 0.05) is 8.95 Å². The minimum atomic E-state index is -0.572. The molecule has 1 atom stereocenters. The van der Waals surface area contributed by atoms with Gasteiger partial charge < -0.3 is 5.32 Å². The van der Waals surface area contributed by atoms with Crippen LogP contribution in [0.25, 0.3) is 10.2 Å². The van der Waals surface area contributed by atoms with Crippen molar-refractivity contribution in [2.45, 2.75) is 12.3 Å². The van der Waals surface area contributed by atoms with Gasteiger partial charge in [0.05, 0.1) is 10.2 Å². The Kier molecular flexibility index (Phi) is 4.07. The lowest BCUT2D eigenvalue weighted by Crippen LogP contribution is -2.19. The summed E-state index contributed by atoms with van der Waals surface area (Å²) in [5, 5.41) is 2.66. The number of rotatable bonds is 2. The van der Waals surface area contributed by atoms with Gasteiger partial charge in [0.1, 0.15) is 5.38 Å². The van der Waals surface area contributed by atoms with Crippen molar-refractivity contribution in [1.82, 2.24) is 4.98 Å². The number of nitrogens with zero attached hydrogens (tertiary/aromatic N) is 1. The summed E-state index contributed by atoms with van der Waals surface area (Å²) in [5.41, 5.74) is 0.829. The van der Waals surface area contributed by atoms with E-state index >= 15 is 0 Å². The van der Waals surface area contributed by atoms with Gasteiger partial charge in [-0.25, -0.2) is 4.98 Å². The van der Waals surface area contributed by atoms with Crippen LogP contribution in [0.4, 0.5) is 5.13 Å². The third-order valence-electron chi connectivity index (χ3n) is 2.00. The molecule has 0 radical (unpaired) electrons. The number of halogens is 3. The molecule has 0 bridgehead atoms. The topological polar surface area (TPSA) is 42.0 Å². The summed E-state index contributed by atoms with van der Waals surface area (Å²) in [6.45, 7) is 1.62. The summed E-state index contributed by atoms with van der Waals surface area (Å²) in [4.78, 5) is 15.8. The van der Waals surface area contributed by atoms with Crippen molar-refractivity contribution in [2.24, 2.45) is 0 Å². The molecule has 1 unspecified atom stereocenters. The predicted octanol–water partition coefficient (Wildman–Crippen LogP) is 4.39. The fourth-order valence-corrected chi connectivity index (χ4v) is 3.80. The molecule has 0 aliphatic carbocycles. The number of hydrogen-bond donors (Lipinski definition) is 1. The molecule has 3 nitrogen and oxygen atoms in total. The first kappa shape index (κ1) is 13.3. The molecule has 0 aliphatic heterocycles. The maximum atomic E-state index is 11.4. The summed E-state index contributed by atoms with van der Waals surface area (Å²) in [6, 6.07) is 3.87. The molecule has 1 N–H and O–H groups in total. The van der Waals surface area contributed by atoms with E-state index in [1.54, 1.807) is 6.92 Å². The van der Waals surface area contributed by atoms with E-state index in [1.165, 1.54) is 11.3 Å². The van der Waals surface area contributed by atoms with Crippen LogP contribution in [0.15, 0.2) is 21.1 Å². The van der Waals surface area contributed by atoms with E-state index < -0.39 is 5.38 Å². The monoisotopic (exact) mass is 396 g/mol. The van der Waals surface area contributed by atoms with Crippen LogP contribution < -0.4 is 5.32 Å². The van der Waals surface area contributed by atoms with Crippen LogP contribution in [0, 0.1) is 0 Å². The molecule has 0 fully saturated rings. The number of fused-ring (bicyclic) bond motifs is 1. The van der Waals surface area contributed by atoms with E-state index in [0.29, 0.717) is 5.13 Å². The maximum absolute atomic E-state index is 11.4. The molecule has 7 heteroatoms. The summed E-state index contributed by atoms with van der Waals surface area (Å²) >= 11 is 13.9. The molecule has 2 aromatic rings. The number of carbonyl (C=O) groups is 1. The van der Waals surface area contributed by atoms with E-state index in [4.69, 9.17) is 11.6 Å². The number of anilines is 1. The molecule has 0 saturated carbocycles. The molecule has 0 saturated heterocycles. The van der Waals surface area contributed by atoms with Crippen molar-refractivity contribution in [3.05, 3.63) is 21.1 Å². The molecule has 2 rings (SSSR count). The molecule has 1 heterocycles. The van der Waals surface area contributed by atoms with Crippen LogP contribution >= 0.6 is 54.8 Å². The van der Waals surface area contributed by atoms with Crippen molar-refractivity contribution in [3.63, 3.8) is 0 Å². The second-order valence-corrected chi connectivity index (χ2v) is 6.81. The van der Waals surface area contributed by atoms with E-state index in [1.807, 2.05) is 12.1 Å². The number of thiazole rings is 1. The van der Waals surface area contributed by atoms with Crippen molar-refractivity contribution in [3.8, 4) is 0 Å². The number of aromatic nitrogens is 1. The average Bonchev–Trinajstić information content (AvgIpc) is 2.60. The molecule has 1 amide bonds. The van der Waals surface area contributed by atoms with Crippen molar-refractivity contribution in [2.75, 3.05) is 5.32 Å². The summed E-state index contributed by atoms with van der Waals surface area (Å²) < 4.78 is 2.84. The van der Waals surface area contributed by atoms with Crippen molar-refractivity contribution < 1.29 is 4.79 Å².